The van der Waals surface area contributed by atoms with Crippen molar-refractivity contribution in [3.63, 3.8) is 0 Å². The Balaban J connectivity index is 1.50. The number of hydrogen-bond donors (Lipinski definition) is 2. The number of rotatable bonds is 3. The van der Waals surface area contributed by atoms with E-state index >= 15 is 0 Å². The lowest BCUT2D eigenvalue weighted by Gasteiger charge is -2.31. The van der Waals surface area contributed by atoms with Gasteiger partial charge in [0.1, 0.15) is 18.1 Å². The van der Waals surface area contributed by atoms with Gasteiger partial charge in [0.25, 0.3) is 5.91 Å². The number of aryl methyl sites for hydroxylation is 1. The molecule has 2 aromatic carbocycles. The summed E-state index contributed by atoms with van der Waals surface area (Å²) in [4.78, 5) is 26.2. The number of sulfonamides is 1. The Bertz CT molecular complexity index is 1340. The third-order valence-corrected chi connectivity index (χ3v) is 9.92. The van der Waals surface area contributed by atoms with Crippen LogP contribution in [-0.4, -0.2) is 63.4 Å². The maximum absolute atomic E-state index is 14.3. The van der Waals surface area contributed by atoms with Gasteiger partial charge in [-0.3, -0.25) is 9.59 Å². The average Bonchev–Trinajstić information content (AvgIpc) is 3.32. The molecular weight excluding hydrogens is 506 g/mol. The molecule has 1 aliphatic carbocycles. The predicted octanol–water partition coefficient (Wildman–Crippen LogP) is 2.73. The second-order valence-corrected chi connectivity index (χ2v) is 12.1. The predicted molar refractivity (Wildman–Crippen MR) is 142 cm³/mol. The largest absolute Gasteiger partial charge is 0.496 e. The summed E-state index contributed by atoms with van der Waals surface area (Å²) in [6.07, 6.45) is 4.47. The lowest BCUT2D eigenvalue weighted by molar-refractivity contribution is -0.121. The topological polar surface area (TPSA) is 114 Å². The SMILES string of the molecule is COc1ccc(S(=O)(=O)N2[C@@H]3CC[C@H]2CC(=O)NCCOc2cc(ccc2C)C(=O)NC3)c2c1CCCC2. The van der Waals surface area contributed by atoms with E-state index in [0.29, 0.717) is 36.3 Å². The molecule has 38 heavy (non-hydrogen) atoms. The van der Waals surface area contributed by atoms with Crippen LogP contribution in [0, 0.1) is 6.92 Å². The molecular formula is C28H35N3O6S. The molecule has 5 rings (SSSR count). The van der Waals surface area contributed by atoms with Crippen molar-refractivity contribution >= 4 is 21.8 Å². The highest BCUT2D eigenvalue weighted by molar-refractivity contribution is 7.89. The first-order chi connectivity index (χ1) is 18.3. The van der Waals surface area contributed by atoms with Crippen LogP contribution in [0.25, 0.3) is 0 Å². The fourth-order valence-electron chi connectivity index (χ4n) is 5.91. The Morgan fingerprint density at radius 2 is 1.76 bits per heavy atom. The van der Waals surface area contributed by atoms with Gasteiger partial charge < -0.3 is 20.1 Å². The number of nitrogens with zero attached hydrogens (tertiary/aromatic N) is 1. The molecule has 204 valence electrons. The Labute approximate surface area is 223 Å². The molecule has 0 radical (unpaired) electrons. The summed E-state index contributed by atoms with van der Waals surface area (Å²) in [7, 11) is -2.35. The van der Waals surface area contributed by atoms with Crippen LogP contribution in [0.4, 0.5) is 0 Å². The van der Waals surface area contributed by atoms with Gasteiger partial charge in [-0.1, -0.05) is 6.07 Å². The van der Waals surface area contributed by atoms with E-state index in [-0.39, 0.29) is 42.8 Å². The number of methoxy groups -OCH3 is 1. The Kier molecular flexibility index (Phi) is 7.63. The van der Waals surface area contributed by atoms with E-state index in [1.807, 2.05) is 13.0 Å². The van der Waals surface area contributed by atoms with Crippen molar-refractivity contribution in [1.29, 1.82) is 0 Å². The van der Waals surface area contributed by atoms with Gasteiger partial charge in [0.15, 0.2) is 0 Å². The zero-order valence-electron chi connectivity index (χ0n) is 21.9. The third-order valence-electron chi connectivity index (χ3n) is 7.83. The maximum Gasteiger partial charge on any atom is 0.251 e. The van der Waals surface area contributed by atoms with Gasteiger partial charge in [0.05, 0.1) is 18.6 Å². The van der Waals surface area contributed by atoms with Crippen LogP contribution in [0.3, 0.4) is 0 Å². The molecule has 2 N–H and O–H groups in total. The molecule has 0 spiro atoms. The van der Waals surface area contributed by atoms with E-state index < -0.39 is 22.1 Å². The third kappa shape index (κ3) is 5.11. The van der Waals surface area contributed by atoms with Crippen LogP contribution >= 0.6 is 0 Å². The highest BCUT2D eigenvalue weighted by Crippen LogP contribution is 2.39. The minimum atomic E-state index is -3.96. The van der Waals surface area contributed by atoms with Gasteiger partial charge in [0.2, 0.25) is 15.9 Å². The summed E-state index contributed by atoms with van der Waals surface area (Å²) in [5.74, 6) is 0.781. The van der Waals surface area contributed by atoms with Gasteiger partial charge in [-0.2, -0.15) is 4.31 Å². The van der Waals surface area contributed by atoms with E-state index in [9.17, 15) is 18.0 Å². The molecule has 2 amide bonds. The fraction of sp³-hybridized carbons (Fsp3) is 0.500. The van der Waals surface area contributed by atoms with Crippen molar-refractivity contribution < 1.29 is 27.5 Å². The number of carbonyl (C=O) groups excluding carboxylic acids is 2. The molecule has 1 fully saturated rings. The van der Waals surface area contributed by atoms with Gasteiger partial charge in [-0.15, -0.1) is 0 Å². The minimum Gasteiger partial charge on any atom is -0.496 e. The summed E-state index contributed by atoms with van der Waals surface area (Å²) in [6, 6.07) is 7.63. The summed E-state index contributed by atoms with van der Waals surface area (Å²) < 4.78 is 41.4. The average molecular weight is 542 g/mol. The number of fused-ring (bicyclic) bond motifs is 5. The number of carbonyl (C=O) groups is 2. The number of nitrogens with one attached hydrogen (secondary N) is 2. The van der Waals surface area contributed by atoms with Gasteiger partial charge >= 0.3 is 0 Å². The molecule has 10 heteroatoms. The van der Waals surface area contributed by atoms with Crippen molar-refractivity contribution in [2.24, 2.45) is 0 Å². The normalized spacial score (nSPS) is 22.8. The summed E-state index contributed by atoms with van der Waals surface area (Å²) >= 11 is 0. The highest BCUT2D eigenvalue weighted by atomic mass is 32.2. The van der Waals surface area contributed by atoms with Crippen molar-refractivity contribution in [1.82, 2.24) is 14.9 Å². The molecule has 2 aromatic rings. The quantitative estimate of drug-likeness (QED) is 0.618. The number of benzene rings is 2. The fourth-order valence-corrected chi connectivity index (χ4v) is 8.06. The highest BCUT2D eigenvalue weighted by Gasteiger charge is 2.44. The molecule has 4 bridgehead atoms. The molecule has 2 atom stereocenters. The first kappa shape index (κ1) is 26.5. The monoisotopic (exact) mass is 541 g/mol. The zero-order valence-corrected chi connectivity index (χ0v) is 22.7. The van der Waals surface area contributed by atoms with Crippen LogP contribution < -0.4 is 20.1 Å². The lowest BCUT2D eigenvalue weighted by atomic mass is 9.91. The molecule has 0 unspecified atom stereocenters. The molecule has 9 nitrogen and oxygen atoms in total. The molecule has 2 heterocycles. The van der Waals surface area contributed by atoms with Crippen LogP contribution in [0.1, 0.15) is 59.2 Å². The molecule has 2 aliphatic heterocycles. The summed E-state index contributed by atoms with van der Waals surface area (Å²) in [6.45, 7) is 2.57. The van der Waals surface area contributed by atoms with E-state index in [0.717, 1.165) is 36.0 Å². The molecule has 1 saturated heterocycles. The van der Waals surface area contributed by atoms with Crippen molar-refractivity contribution in [2.45, 2.75) is 68.8 Å². The van der Waals surface area contributed by atoms with Crippen molar-refractivity contribution in [2.75, 3.05) is 26.8 Å². The molecule has 0 saturated carbocycles. The number of amides is 2. The van der Waals surface area contributed by atoms with Gasteiger partial charge in [0, 0.05) is 30.6 Å². The van der Waals surface area contributed by atoms with Gasteiger partial charge in [-0.05, 0) is 86.4 Å². The van der Waals surface area contributed by atoms with Crippen LogP contribution in [-0.2, 0) is 27.7 Å². The van der Waals surface area contributed by atoms with E-state index in [2.05, 4.69) is 10.6 Å². The van der Waals surface area contributed by atoms with Crippen LogP contribution in [0.5, 0.6) is 11.5 Å². The van der Waals surface area contributed by atoms with E-state index in [1.165, 1.54) is 4.31 Å². The van der Waals surface area contributed by atoms with E-state index in [1.54, 1.807) is 31.4 Å². The standard InChI is InChI=1S/C28H35N3O6S/c1-18-7-8-19-15-25(18)37-14-13-29-27(32)16-20-9-10-21(17-30-28(19)33)31(20)38(34,35)26-12-11-24(36-2)22-5-3-4-6-23(22)26/h7-8,11-12,15,20-21H,3-6,9-10,13-14,16-17H2,1-2H3,(H,29,32)(H,30,33)/t20-,21+/m0/s1. The first-order valence-corrected chi connectivity index (χ1v) is 14.7. The number of ether oxygens (including phenoxy) is 2. The smallest absolute Gasteiger partial charge is 0.251 e. The minimum absolute atomic E-state index is 0.0504. The Morgan fingerprint density at radius 1 is 1.00 bits per heavy atom. The Morgan fingerprint density at radius 3 is 2.55 bits per heavy atom. The lowest BCUT2D eigenvalue weighted by Crippen LogP contribution is -2.48. The summed E-state index contributed by atoms with van der Waals surface area (Å²) in [5, 5.41) is 5.80. The summed E-state index contributed by atoms with van der Waals surface area (Å²) in [5.41, 5.74) is 3.09. The Hall–Kier alpha value is -3.11. The molecule has 0 aromatic heterocycles. The van der Waals surface area contributed by atoms with Crippen molar-refractivity contribution in [3.8, 4) is 11.5 Å². The van der Waals surface area contributed by atoms with Crippen LogP contribution in [0.15, 0.2) is 35.2 Å². The second-order valence-electron chi connectivity index (χ2n) is 10.2. The van der Waals surface area contributed by atoms with Crippen LogP contribution in [0.2, 0.25) is 0 Å². The van der Waals surface area contributed by atoms with Gasteiger partial charge in [-0.25, -0.2) is 8.42 Å². The van der Waals surface area contributed by atoms with E-state index in [4.69, 9.17) is 9.47 Å². The molecule has 3 aliphatic rings. The second kappa shape index (κ2) is 10.9. The number of hydrogen-bond acceptors (Lipinski definition) is 6. The first-order valence-electron chi connectivity index (χ1n) is 13.3. The van der Waals surface area contributed by atoms with Crippen molar-refractivity contribution in [3.05, 3.63) is 52.6 Å². The maximum atomic E-state index is 14.3. The zero-order chi connectivity index (χ0) is 26.9.